The van der Waals surface area contributed by atoms with Crippen molar-refractivity contribution in [2.24, 2.45) is 17.6 Å². The van der Waals surface area contributed by atoms with E-state index in [4.69, 9.17) is 15.9 Å². The predicted molar refractivity (Wildman–Crippen MR) is 52.6 cm³/mol. The number of likely N-dealkylation sites (tertiary alicyclic amines) is 1. The van der Waals surface area contributed by atoms with E-state index in [0.717, 1.165) is 26.3 Å². The van der Waals surface area contributed by atoms with Crippen molar-refractivity contribution in [1.82, 2.24) is 4.90 Å². The molecule has 0 unspecified atom stereocenters. The van der Waals surface area contributed by atoms with E-state index in [1.54, 1.807) is 0 Å². The van der Waals surface area contributed by atoms with E-state index in [1.807, 2.05) is 11.8 Å². The van der Waals surface area contributed by atoms with Crippen LogP contribution < -0.4 is 5.73 Å². The largest absolute Gasteiger partial charge is 0.381 e. The molecule has 0 aromatic carbocycles. The van der Waals surface area contributed by atoms with E-state index in [-0.39, 0.29) is 5.96 Å². The van der Waals surface area contributed by atoms with Crippen LogP contribution in [-0.4, -0.2) is 37.2 Å². The van der Waals surface area contributed by atoms with E-state index < -0.39 is 0 Å². The average Bonchev–Trinajstić information content (AvgIpc) is 2.44. The van der Waals surface area contributed by atoms with Crippen molar-refractivity contribution in [3.63, 3.8) is 0 Å². The lowest BCUT2D eigenvalue weighted by atomic mass is 9.99. The Bertz CT molecular complexity index is 184. The Hall–Kier alpha value is -0.770. The number of hydrogen-bond acceptors (Lipinski definition) is 2. The Kier molecular flexibility index (Phi) is 3.54. The maximum absolute atomic E-state index is 7.31. The molecule has 0 bridgehead atoms. The van der Waals surface area contributed by atoms with E-state index in [9.17, 15) is 0 Å². The first kappa shape index (κ1) is 10.3. The summed E-state index contributed by atoms with van der Waals surface area (Å²) in [5.74, 6) is 1.30. The monoisotopic (exact) mass is 185 g/mol. The predicted octanol–water partition coefficient (Wildman–Crippen LogP) is 0.484. The summed E-state index contributed by atoms with van der Waals surface area (Å²) in [5.41, 5.74) is 5.42. The molecule has 0 aromatic rings. The summed E-state index contributed by atoms with van der Waals surface area (Å²) < 4.78 is 5.38. The number of ether oxygens (including phenoxy) is 1. The highest BCUT2D eigenvalue weighted by molar-refractivity contribution is 5.74. The number of rotatable bonds is 3. The van der Waals surface area contributed by atoms with Gasteiger partial charge in [0.25, 0.3) is 0 Å². The van der Waals surface area contributed by atoms with E-state index >= 15 is 0 Å². The van der Waals surface area contributed by atoms with Crippen LogP contribution in [-0.2, 0) is 4.74 Å². The van der Waals surface area contributed by atoms with Crippen molar-refractivity contribution in [3.8, 4) is 0 Å². The Morgan fingerprint density at radius 2 is 2.31 bits per heavy atom. The van der Waals surface area contributed by atoms with Gasteiger partial charge in [0, 0.05) is 25.6 Å². The molecule has 0 spiro atoms. The summed E-state index contributed by atoms with van der Waals surface area (Å²) in [6.45, 7) is 7.52. The molecule has 0 aliphatic carbocycles. The maximum Gasteiger partial charge on any atom is 0.188 e. The lowest BCUT2D eigenvalue weighted by molar-refractivity contribution is 0.103. The van der Waals surface area contributed by atoms with E-state index in [0.29, 0.717) is 11.8 Å². The molecule has 1 aliphatic rings. The third kappa shape index (κ3) is 2.59. The highest BCUT2D eigenvalue weighted by Gasteiger charge is 2.30. The van der Waals surface area contributed by atoms with Crippen molar-refractivity contribution in [1.29, 1.82) is 5.41 Å². The Morgan fingerprint density at radius 3 is 2.77 bits per heavy atom. The van der Waals surface area contributed by atoms with Crippen molar-refractivity contribution in [2.75, 3.05) is 26.3 Å². The van der Waals surface area contributed by atoms with Crippen LogP contribution in [0, 0.1) is 17.2 Å². The molecule has 0 saturated carbocycles. The van der Waals surface area contributed by atoms with Crippen LogP contribution in [0.15, 0.2) is 0 Å². The number of nitrogens with one attached hydrogen (secondary N) is 1. The number of nitrogens with zero attached hydrogens (tertiary/aromatic N) is 1. The first-order valence-electron chi connectivity index (χ1n) is 4.81. The van der Waals surface area contributed by atoms with Gasteiger partial charge in [0.1, 0.15) is 0 Å². The average molecular weight is 185 g/mol. The molecule has 0 radical (unpaired) electrons. The third-order valence-electron chi connectivity index (χ3n) is 2.64. The molecular formula is C9H19N3O. The van der Waals surface area contributed by atoms with Gasteiger partial charge in [-0.05, 0) is 12.8 Å². The van der Waals surface area contributed by atoms with Gasteiger partial charge in [-0.25, -0.2) is 0 Å². The molecule has 1 fully saturated rings. The SMILES string of the molecule is CCOC[C@H]1CN(C(=N)N)C[C@H]1C. The Labute approximate surface area is 79.6 Å². The molecule has 0 aromatic heterocycles. The molecule has 1 aliphatic heterocycles. The van der Waals surface area contributed by atoms with E-state index in [2.05, 4.69) is 6.92 Å². The fraction of sp³-hybridized carbons (Fsp3) is 0.889. The van der Waals surface area contributed by atoms with Crippen molar-refractivity contribution < 1.29 is 4.74 Å². The molecule has 0 amide bonds. The van der Waals surface area contributed by atoms with Crippen LogP contribution in [0.25, 0.3) is 0 Å². The van der Waals surface area contributed by atoms with Crippen molar-refractivity contribution in [2.45, 2.75) is 13.8 Å². The quantitative estimate of drug-likeness (QED) is 0.496. The molecule has 1 saturated heterocycles. The lowest BCUT2D eigenvalue weighted by Crippen LogP contribution is -2.34. The first-order chi connectivity index (χ1) is 6.15. The van der Waals surface area contributed by atoms with Gasteiger partial charge in [-0.3, -0.25) is 5.41 Å². The van der Waals surface area contributed by atoms with Crippen molar-refractivity contribution in [3.05, 3.63) is 0 Å². The second kappa shape index (κ2) is 4.46. The fourth-order valence-corrected chi connectivity index (χ4v) is 1.72. The van der Waals surface area contributed by atoms with Gasteiger partial charge in [0.2, 0.25) is 0 Å². The summed E-state index contributed by atoms with van der Waals surface area (Å²) in [6.07, 6.45) is 0. The number of nitrogens with two attached hydrogens (primary N) is 1. The molecule has 1 heterocycles. The zero-order valence-electron chi connectivity index (χ0n) is 8.42. The topological polar surface area (TPSA) is 62.3 Å². The van der Waals surface area contributed by atoms with Gasteiger partial charge in [0.15, 0.2) is 5.96 Å². The minimum atomic E-state index is 0.186. The number of hydrogen-bond donors (Lipinski definition) is 2. The van der Waals surface area contributed by atoms with Gasteiger partial charge in [-0.15, -0.1) is 0 Å². The van der Waals surface area contributed by atoms with Crippen LogP contribution in [0.1, 0.15) is 13.8 Å². The third-order valence-corrected chi connectivity index (χ3v) is 2.64. The Balaban J connectivity index is 2.37. The fourth-order valence-electron chi connectivity index (χ4n) is 1.72. The van der Waals surface area contributed by atoms with Gasteiger partial charge in [0.05, 0.1) is 6.61 Å². The minimum absolute atomic E-state index is 0.186. The van der Waals surface area contributed by atoms with Gasteiger partial charge < -0.3 is 15.4 Å². The van der Waals surface area contributed by atoms with E-state index in [1.165, 1.54) is 0 Å². The van der Waals surface area contributed by atoms with Crippen LogP contribution in [0.5, 0.6) is 0 Å². The molecule has 76 valence electrons. The zero-order valence-corrected chi connectivity index (χ0v) is 8.42. The van der Waals surface area contributed by atoms with Gasteiger partial charge in [-0.1, -0.05) is 6.92 Å². The highest BCUT2D eigenvalue weighted by Crippen LogP contribution is 2.22. The second-order valence-electron chi connectivity index (χ2n) is 3.69. The van der Waals surface area contributed by atoms with Gasteiger partial charge >= 0.3 is 0 Å². The molecule has 4 nitrogen and oxygen atoms in total. The van der Waals surface area contributed by atoms with Crippen LogP contribution in [0.3, 0.4) is 0 Å². The molecular weight excluding hydrogens is 166 g/mol. The summed E-state index contributed by atoms with van der Waals surface area (Å²) >= 11 is 0. The molecule has 13 heavy (non-hydrogen) atoms. The summed E-state index contributed by atoms with van der Waals surface area (Å²) in [5, 5.41) is 7.31. The summed E-state index contributed by atoms with van der Waals surface area (Å²) in [7, 11) is 0. The van der Waals surface area contributed by atoms with Crippen LogP contribution in [0.4, 0.5) is 0 Å². The van der Waals surface area contributed by atoms with Crippen LogP contribution in [0.2, 0.25) is 0 Å². The maximum atomic E-state index is 7.31. The normalized spacial score (nSPS) is 28.0. The van der Waals surface area contributed by atoms with Crippen molar-refractivity contribution >= 4 is 5.96 Å². The molecule has 4 heteroatoms. The smallest absolute Gasteiger partial charge is 0.188 e. The highest BCUT2D eigenvalue weighted by atomic mass is 16.5. The second-order valence-corrected chi connectivity index (χ2v) is 3.69. The van der Waals surface area contributed by atoms with Gasteiger partial charge in [-0.2, -0.15) is 0 Å². The number of guanidine groups is 1. The molecule has 2 atom stereocenters. The summed E-state index contributed by atoms with van der Waals surface area (Å²) in [4.78, 5) is 1.91. The standard InChI is InChI=1S/C9H19N3O/c1-3-13-6-8-5-12(9(10)11)4-7(8)2/h7-8H,3-6H2,1-2H3,(H3,10,11)/t7-,8-/m1/s1. The van der Waals surface area contributed by atoms with Crippen LogP contribution >= 0.6 is 0 Å². The zero-order chi connectivity index (χ0) is 9.84. The molecule has 1 rings (SSSR count). The molecule has 3 N–H and O–H groups in total. The Morgan fingerprint density at radius 1 is 1.62 bits per heavy atom. The summed E-state index contributed by atoms with van der Waals surface area (Å²) in [6, 6.07) is 0. The minimum Gasteiger partial charge on any atom is -0.381 e. The first-order valence-corrected chi connectivity index (χ1v) is 4.81. The lowest BCUT2D eigenvalue weighted by Gasteiger charge is -2.15.